The van der Waals surface area contributed by atoms with E-state index in [1.54, 1.807) is 4.68 Å². The lowest BCUT2D eigenvalue weighted by Gasteiger charge is -2.42. The first-order valence-electron chi connectivity index (χ1n) is 9.52. The number of fused-ring (bicyclic) bond motifs is 5. The zero-order valence-corrected chi connectivity index (χ0v) is 17.4. The molecular weight excluding hydrogens is 422 g/mol. The summed E-state index contributed by atoms with van der Waals surface area (Å²) in [5.74, 6) is -0.630. The van der Waals surface area contributed by atoms with Gasteiger partial charge in [-0.25, -0.2) is 9.67 Å². The number of likely N-dealkylation sites (tertiary alicyclic amines) is 1. The number of nitrogens with zero attached hydrogens (tertiary/aromatic N) is 4. The van der Waals surface area contributed by atoms with Gasteiger partial charge in [0.1, 0.15) is 6.33 Å². The van der Waals surface area contributed by atoms with E-state index in [2.05, 4.69) is 15.4 Å². The van der Waals surface area contributed by atoms with Crippen molar-refractivity contribution >= 4 is 40.1 Å². The van der Waals surface area contributed by atoms with E-state index >= 15 is 0 Å². The summed E-state index contributed by atoms with van der Waals surface area (Å²) < 4.78 is 1.65. The summed E-state index contributed by atoms with van der Waals surface area (Å²) in [4.78, 5) is 33.9. The maximum atomic E-state index is 13.9. The second-order valence-corrected chi connectivity index (χ2v) is 9.12. The van der Waals surface area contributed by atoms with Crippen LogP contribution < -0.4 is 5.32 Å². The van der Waals surface area contributed by atoms with Crippen molar-refractivity contribution in [2.24, 2.45) is 0 Å². The van der Waals surface area contributed by atoms with Gasteiger partial charge in [0.25, 0.3) is 5.91 Å². The Kier molecular flexibility index (Phi) is 3.58. The maximum absolute atomic E-state index is 13.9. The van der Waals surface area contributed by atoms with Crippen LogP contribution in [0, 0.1) is 0 Å². The van der Waals surface area contributed by atoms with Gasteiger partial charge in [0, 0.05) is 28.7 Å². The van der Waals surface area contributed by atoms with E-state index in [1.807, 2.05) is 60.5 Å². The number of thioether (sulfide) groups is 1. The largest absolute Gasteiger partial charge is 0.324 e. The summed E-state index contributed by atoms with van der Waals surface area (Å²) in [6.45, 7) is 0.455. The molecule has 3 aromatic rings. The molecule has 6 rings (SSSR count). The topological polar surface area (TPSA) is 80.1 Å². The lowest BCUT2D eigenvalue weighted by atomic mass is 9.68. The van der Waals surface area contributed by atoms with Crippen molar-refractivity contribution in [3.63, 3.8) is 0 Å². The van der Waals surface area contributed by atoms with Gasteiger partial charge in [0.2, 0.25) is 5.12 Å². The van der Waals surface area contributed by atoms with E-state index in [1.165, 1.54) is 6.33 Å². The maximum Gasteiger partial charge on any atom is 0.252 e. The van der Waals surface area contributed by atoms with Crippen LogP contribution in [0.5, 0.6) is 0 Å². The highest BCUT2D eigenvalue weighted by Gasteiger charge is 2.78. The highest BCUT2D eigenvalue weighted by atomic mass is 35.5. The van der Waals surface area contributed by atoms with E-state index in [-0.39, 0.29) is 11.0 Å². The van der Waals surface area contributed by atoms with Crippen molar-refractivity contribution in [2.45, 2.75) is 22.2 Å². The predicted octanol–water partition coefficient (Wildman–Crippen LogP) is 2.84. The molecule has 3 aliphatic heterocycles. The van der Waals surface area contributed by atoms with Crippen LogP contribution in [0.1, 0.15) is 17.0 Å². The zero-order valence-electron chi connectivity index (χ0n) is 15.9. The van der Waals surface area contributed by atoms with Gasteiger partial charge in [-0.2, -0.15) is 5.10 Å². The summed E-state index contributed by atoms with van der Waals surface area (Å²) in [6, 6.07) is 15.0. The van der Waals surface area contributed by atoms with Gasteiger partial charge in [-0.05, 0) is 36.5 Å². The molecule has 7 nitrogen and oxygen atoms in total. The number of carbonyl (C=O) groups excluding carboxylic acids is 2. The van der Waals surface area contributed by atoms with Gasteiger partial charge < -0.3 is 5.32 Å². The number of carbonyl (C=O) groups is 2. The molecule has 1 saturated heterocycles. The molecule has 2 spiro atoms. The van der Waals surface area contributed by atoms with E-state index < -0.39 is 17.0 Å². The molecule has 0 aliphatic carbocycles. The quantitative estimate of drug-likeness (QED) is 0.630. The molecule has 0 bridgehead atoms. The number of benzene rings is 2. The van der Waals surface area contributed by atoms with Crippen LogP contribution >= 0.6 is 23.4 Å². The van der Waals surface area contributed by atoms with Crippen molar-refractivity contribution in [1.82, 2.24) is 19.7 Å². The Balaban J connectivity index is 1.75. The number of halogens is 1. The minimum Gasteiger partial charge on any atom is -0.324 e. The van der Waals surface area contributed by atoms with E-state index in [0.717, 1.165) is 22.9 Å². The number of para-hydroxylation sites is 1. The van der Waals surface area contributed by atoms with E-state index in [0.29, 0.717) is 22.4 Å². The average Bonchev–Trinajstić information content (AvgIpc) is 3.43. The Morgan fingerprint density at radius 3 is 2.77 bits per heavy atom. The number of amides is 1. The number of likely N-dealkylation sites (N-methyl/N-ethyl adjacent to an activating group) is 1. The first kappa shape index (κ1) is 18.1. The summed E-state index contributed by atoms with van der Waals surface area (Å²) >= 11 is 7.65. The van der Waals surface area contributed by atoms with E-state index in [4.69, 9.17) is 11.6 Å². The molecule has 0 radical (unpaired) electrons. The molecule has 0 saturated carbocycles. The number of anilines is 1. The van der Waals surface area contributed by atoms with Crippen LogP contribution in [-0.4, -0.2) is 44.3 Å². The third-order valence-corrected chi connectivity index (χ3v) is 7.91. The molecule has 1 N–H and O–H groups in total. The smallest absolute Gasteiger partial charge is 0.252 e. The molecule has 3 aliphatic rings. The molecule has 1 aromatic heterocycles. The Morgan fingerprint density at radius 1 is 1.17 bits per heavy atom. The number of hydrogen-bond acceptors (Lipinski definition) is 6. The molecule has 0 unspecified atom stereocenters. The summed E-state index contributed by atoms with van der Waals surface area (Å²) in [5.41, 5.74) is -0.294. The number of rotatable bonds is 1. The van der Waals surface area contributed by atoms with Crippen LogP contribution in [0.2, 0.25) is 5.02 Å². The first-order valence-corrected chi connectivity index (χ1v) is 10.7. The summed E-state index contributed by atoms with van der Waals surface area (Å²) in [6.07, 6.45) is 1.44. The van der Waals surface area contributed by atoms with Crippen LogP contribution in [0.15, 0.2) is 60.0 Å². The summed E-state index contributed by atoms with van der Waals surface area (Å²) in [5, 5.41) is 8.36. The minimum atomic E-state index is -1.32. The first-order chi connectivity index (χ1) is 14.5. The van der Waals surface area contributed by atoms with Gasteiger partial charge >= 0.3 is 0 Å². The lowest BCUT2D eigenvalue weighted by Crippen LogP contribution is -2.62. The standard InChI is InChI=1S/C21H16ClN5O2S/c1-26-10-14(12-6-2-4-8-15(12)22)21(18(29)30-19-23-11-24-27(19)21)20(26)13-7-3-5-9-16(13)25-17(20)28/h2-9,11,14H,10H2,1H3,(H,25,28)/t14-,20-,21-/m0/s1. The molecule has 1 fully saturated rings. The van der Waals surface area contributed by atoms with Crippen molar-refractivity contribution in [3.8, 4) is 0 Å². The summed E-state index contributed by atoms with van der Waals surface area (Å²) in [7, 11) is 1.88. The zero-order chi connectivity index (χ0) is 20.7. The molecule has 30 heavy (non-hydrogen) atoms. The third kappa shape index (κ3) is 1.84. The van der Waals surface area contributed by atoms with Crippen LogP contribution in [0.3, 0.4) is 0 Å². The fourth-order valence-electron chi connectivity index (χ4n) is 5.55. The Bertz CT molecular complexity index is 1250. The fourth-order valence-corrected chi connectivity index (χ4v) is 6.89. The Labute approximate surface area is 181 Å². The molecule has 3 atom stereocenters. The molecule has 2 aromatic carbocycles. The van der Waals surface area contributed by atoms with Gasteiger partial charge in [0.15, 0.2) is 16.2 Å². The van der Waals surface area contributed by atoms with Gasteiger partial charge in [-0.3, -0.25) is 14.5 Å². The Morgan fingerprint density at radius 2 is 1.93 bits per heavy atom. The number of nitrogens with one attached hydrogen (secondary N) is 1. The SMILES string of the molecule is CN1C[C@@H](c2ccccc2Cl)[C@]2(C(=O)Sc3ncnn32)[C@]12C(=O)Nc1ccccc12. The lowest BCUT2D eigenvalue weighted by molar-refractivity contribution is -0.138. The van der Waals surface area contributed by atoms with Crippen molar-refractivity contribution in [1.29, 1.82) is 0 Å². The molecular formula is C21H16ClN5O2S. The van der Waals surface area contributed by atoms with Crippen LogP contribution in [0.25, 0.3) is 0 Å². The second-order valence-electron chi connectivity index (χ2n) is 7.78. The number of aromatic nitrogens is 3. The average molecular weight is 438 g/mol. The van der Waals surface area contributed by atoms with Crippen LogP contribution in [-0.2, 0) is 20.7 Å². The molecule has 9 heteroatoms. The van der Waals surface area contributed by atoms with Crippen molar-refractivity contribution in [2.75, 3.05) is 18.9 Å². The van der Waals surface area contributed by atoms with E-state index in [9.17, 15) is 9.59 Å². The monoisotopic (exact) mass is 437 g/mol. The molecule has 150 valence electrons. The van der Waals surface area contributed by atoms with Gasteiger partial charge in [-0.15, -0.1) is 0 Å². The fraction of sp³-hybridized carbons (Fsp3) is 0.238. The van der Waals surface area contributed by atoms with Gasteiger partial charge in [0.05, 0.1) is 0 Å². The predicted molar refractivity (Wildman–Crippen MR) is 112 cm³/mol. The normalized spacial score (nSPS) is 29.6. The molecule has 1 amide bonds. The number of hydrogen-bond donors (Lipinski definition) is 1. The van der Waals surface area contributed by atoms with Crippen LogP contribution in [0.4, 0.5) is 5.69 Å². The third-order valence-electron chi connectivity index (χ3n) is 6.60. The van der Waals surface area contributed by atoms with Crippen molar-refractivity contribution < 1.29 is 9.59 Å². The second kappa shape index (κ2) is 5.94. The Hall–Kier alpha value is -2.68. The minimum absolute atomic E-state index is 0.153. The highest BCUT2D eigenvalue weighted by Crippen LogP contribution is 2.65. The van der Waals surface area contributed by atoms with Crippen molar-refractivity contribution in [3.05, 3.63) is 71.0 Å². The van der Waals surface area contributed by atoms with Gasteiger partial charge in [-0.1, -0.05) is 48.0 Å². The highest BCUT2D eigenvalue weighted by molar-refractivity contribution is 8.14. The molecule has 4 heterocycles.